The van der Waals surface area contributed by atoms with Gasteiger partial charge in [0.15, 0.2) is 0 Å². The van der Waals surface area contributed by atoms with Crippen LogP contribution >= 0.6 is 0 Å². The van der Waals surface area contributed by atoms with E-state index in [1.54, 1.807) is 12.2 Å². The molecule has 0 saturated heterocycles. The molecule has 0 atom stereocenters. The molecular weight excluding hydrogens is 178 g/mol. The number of ether oxygens (including phenoxy) is 1. The SMILES string of the molecule is CC1=C/C(OC(N)=O)=C\C/C=C\C=C\1. The van der Waals surface area contributed by atoms with Gasteiger partial charge in [-0.2, -0.15) is 0 Å². The summed E-state index contributed by atoms with van der Waals surface area (Å²) in [5, 5.41) is 0. The largest absolute Gasteiger partial charge is 0.411 e. The molecule has 1 amide bonds. The van der Waals surface area contributed by atoms with Gasteiger partial charge in [0, 0.05) is 0 Å². The van der Waals surface area contributed by atoms with Crippen LogP contribution in [0.15, 0.2) is 47.8 Å². The minimum Gasteiger partial charge on any atom is -0.411 e. The van der Waals surface area contributed by atoms with E-state index < -0.39 is 6.09 Å². The number of nitrogens with two attached hydrogens (primary N) is 1. The molecule has 2 N–H and O–H groups in total. The van der Waals surface area contributed by atoms with E-state index in [2.05, 4.69) is 0 Å². The average Bonchev–Trinajstić information content (AvgIpc) is 2.16. The summed E-state index contributed by atoms with van der Waals surface area (Å²) < 4.78 is 4.81. The fraction of sp³-hybridized carbons (Fsp3) is 0.182. The van der Waals surface area contributed by atoms with E-state index in [0.717, 1.165) is 12.0 Å². The molecule has 1 aliphatic rings. The topological polar surface area (TPSA) is 52.3 Å². The van der Waals surface area contributed by atoms with Crippen LogP contribution < -0.4 is 5.73 Å². The first-order valence-corrected chi connectivity index (χ1v) is 4.37. The van der Waals surface area contributed by atoms with Crippen LogP contribution in [0.5, 0.6) is 0 Å². The Morgan fingerprint density at radius 3 is 3.00 bits per heavy atom. The first-order chi connectivity index (χ1) is 6.68. The van der Waals surface area contributed by atoms with E-state index in [1.807, 2.05) is 31.2 Å². The zero-order chi connectivity index (χ0) is 10.4. The highest BCUT2D eigenvalue weighted by molar-refractivity contribution is 5.66. The number of hydrogen-bond acceptors (Lipinski definition) is 2. The highest BCUT2D eigenvalue weighted by atomic mass is 16.5. The van der Waals surface area contributed by atoms with Gasteiger partial charge in [-0.3, -0.25) is 0 Å². The summed E-state index contributed by atoms with van der Waals surface area (Å²) in [6, 6.07) is 0. The van der Waals surface area contributed by atoms with Gasteiger partial charge in [0.05, 0.1) is 0 Å². The van der Waals surface area contributed by atoms with Gasteiger partial charge in [-0.25, -0.2) is 4.79 Å². The standard InChI is InChI=1S/C11H13NO2/c1-9-6-4-2-3-5-7-10(8-9)14-11(12)13/h2-4,6-8H,5H2,1H3,(H2,12,13)/b3-2-,6-4+,9-8-,10-7+. The van der Waals surface area contributed by atoms with Gasteiger partial charge in [0.25, 0.3) is 0 Å². The molecule has 0 heterocycles. The lowest BCUT2D eigenvalue weighted by atomic mass is 10.2. The zero-order valence-corrected chi connectivity index (χ0v) is 8.07. The fourth-order valence-electron chi connectivity index (χ4n) is 1.07. The van der Waals surface area contributed by atoms with Gasteiger partial charge in [0.2, 0.25) is 0 Å². The zero-order valence-electron chi connectivity index (χ0n) is 8.07. The van der Waals surface area contributed by atoms with Gasteiger partial charge in [0.1, 0.15) is 5.76 Å². The second-order valence-electron chi connectivity index (χ2n) is 2.94. The van der Waals surface area contributed by atoms with Crippen molar-refractivity contribution < 1.29 is 9.53 Å². The first-order valence-electron chi connectivity index (χ1n) is 4.37. The summed E-state index contributed by atoms with van der Waals surface area (Å²) in [4.78, 5) is 10.6. The molecule has 74 valence electrons. The van der Waals surface area contributed by atoms with E-state index in [-0.39, 0.29) is 0 Å². The molecule has 1 rings (SSSR count). The molecule has 0 saturated carbocycles. The summed E-state index contributed by atoms with van der Waals surface area (Å²) in [5.41, 5.74) is 5.93. The Labute approximate surface area is 83.2 Å². The Morgan fingerprint density at radius 2 is 2.29 bits per heavy atom. The lowest BCUT2D eigenvalue weighted by Gasteiger charge is -2.01. The summed E-state index contributed by atoms with van der Waals surface area (Å²) in [5.74, 6) is 0.492. The van der Waals surface area contributed by atoms with Gasteiger partial charge in [-0.05, 0) is 31.1 Å². The van der Waals surface area contributed by atoms with Crippen LogP contribution in [0, 0.1) is 0 Å². The smallest absolute Gasteiger partial charge is 0.409 e. The fourth-order valence-corrected chi connectivity index (χ4v) is 1.07. The molecule has 14 heavy (non-hydrogen) atoms. The lowest BCUT2D eigenvalue weighted by molar-refractivity contribution is 0.190. The molecule has 0 bridgehead atoms. The molecule has 0 radical (unpaired) electrons. The summed E-state index contributed by atoms with van der Waals surface area (Å²) in [6.45, 7) is 1.92. The Hall–Kier alpha value is -1.77. The number of allylic oxidation sites excluding steroid dienone is 7. The Morgan fingerprint density at radius 1 is 1.50 bits per heavy atom. The Balaban J connectivity index is 2.85. The van der Waals surface area contributed by atoms with Crippen molar-refractivity contribution in [3.05, 3.63) is 47.8 Å². The molecule has 0 aliphatic heterocycles. The van der Waals surface area contributed by atoms with Crippen molar-refractivity contribution in [3.63, 3.8) is 0 Å². The molecule has 0 aromatic carbocycles. The molecule has 0 spiro atoms. The third-order valence-electron chi connectivity index (χ3n) is 1.65. The predicted octanol–water partition coefficient (Wildman–Crippen LogP) is 2.43. The van der Waals surface area contributed by atoms with Crippen LogP contribution in [-0.4, -0.2) is 6.09 Å². The molecule has 3 heteroatoms. The van der Waals surface area contributed by atoms with Gasteiger partial charge in [-0.1, -0.05) is 24.3 Å². The number of rotatable bonds is 1. The van der Waals surface area contributed by atoms with E-state index in [1.165, 1.54) is 0 Å². The summed E-state index contributed by atoms with van der Waals surface area (Å²) in [7, 11) is 0. The number of hydrogen-bond donors (Lipinski definition) is 1. The van der Waals surface area contributed by atoms with Crippen LogP contribution in [0.25, 0.3) is 0 Å². The highest BCUT2D eigenvalue weighted by Gasteiger charge is 1.99. The monoisotopic (exact) mass is 191 g/mol. The predicted molar refractivity (Wildman–Crippen MR) is 55.4 cm³/mol. The summed E-state index contributed by atoms with van der Waals surface area (Å²) in [6.07, 6.45) is 11.3. The van der Waals surface area contributed by atoms with Crippen LogP contribution in [-0.2, 0) is 4.74 Å². The number of primary amides is 1. The maximum Gasteiger partial charge on any atom is 0.409 e. The van der Waals surface area contributed by atoms with Crippen LogP contribution in [0.1, 0.15) is 13.3 Å². The third-order valence-corrected chi connectivity index (χ3v) is 1.65. The Bertz CT molecular complexity index is 335. The van der Waals surface area contributed by atoms with Gasteiger partial charge < -0.3 is 10.5 Å². The normalized spacial score (nSPS) is 28.1. The van der Waals surface area contributed by atoms with Crippen molar-refractivity contribution in [1.29, 1.82) is 0 Å². The van der Waals surface area contributed by atoms with Crippen molar-refractivity contribution in [1.82, 2.24) is 0 Å². The second-order valence-corrected chi connectivity index (χ2v) is 2.94. The maximum absolute atomic E-state index is 10.6. The molecule has 3 nitrogen and oxygen atoms in total. The number of carbonyl (C=O) groups is 1. The Kier molecular flexibility index (Phi) is 3.73. The minimum atomic E-state index is -0.785. The van der Waals surface area contributed by atoms with Crippen LogP contribution in [0.2, 0.25) is 0 Å². The van der Waals surface area contributed by atoms with Crippen molar-refractivity contribution >= 4 is 6.09 Å². The van der Waals surface area contributed by atoms with E-state index in [4.69, 9.17) is 10.5 Å². The first kappa shape index (κ1) is 10.3. The molecule has 0 aromatic heterocycles. The van der Waals surface area contributed by atoms with E-state index in [9.17, 15) is 4.79 Å². The van der Waals surface area contributed by atoms with Crippen LogP contribution in [0.3, 0.4) is 0 Å². The van der Waals surface area contributed by atoms with Crippen molar-refractivity contribution in [3.8, 4) is 0 Å². The van der Waals surface area contributed by atoms with Crippen molar-refractivity contribution in [2.75, 3.05) is 0 Å². The van der Waals surface area contributed by atoms with E-state index >= 15 is 0 Å². The molecule has 0 fully saturated rings. The number of amides is 1. The van der Waals surface area contributed by atoms with E-state index in [0.29, 0.717) is 5.76 Å². The average molecular weight is 191 g/mol. The van der Waals surface area contributed by atoms with Crippen molar-refractivity contribution in [2.45, 2.75) is 13.3 Å². The van der Waals surface area contributed by atoms with Crippen molar-refractivity contribution in [2.24, 2.45) is 5.73 Å². The quantitative estimate of drug-likeness (QED) is 0.692. The lowest BCUT2D eigenvalue weighted by Crippen LogP contribution is -2.12. The number of carbonyl (C=O) groups excluding carboxylic acids is 1. The van der Waals surface area contributed by atoms with Gasteiger partial charge in [-0.15, -0.1) is 0 Å². The van der Waals surface area contributed by atoms with Gasteiger partial charge >= 0.3 is 6.09 Å². The highest BCUT2D eigenvalue weighted by Crippen LogP contribution is 2.09. The third kappa shape index (κ3) is 3.76. The molecule has 0 unspecified atom stereocenters. The molecule has 0 aromatic rings. The maximum atomic E-state index is 10.6. The minimum absolute atomic E-state index is 0.492. The second kappa shape index (κ2) is 5.07. The molecular formula is C11H13NO2. The van der Waals surface area contributed by atoms with Crippen LogP contribution in [0.4, 0.5) is 4.79 Å². The summed E-state index contributed by atoms with van der Waals surface area (Å²) >= 11 is 0. The molecule has 1 aliphatic carbocycles.